The molecule has 0 spiro atoms. The summed E-state index contributed by atoms with van der Waals surface area (Å²) in [6, 6.07) is 18.3. The summed E-state index contributed by atoms with van der Waals surface area (Å²) < 4.78 is 17.5. The van der Waals surface area contributed by atoms with Crippen LogP contribution >= 0.6 is 0 Å². The summed E-state index contributed by atoms with van der Waals surface area (Å²) in [5, 5.41) is 34.1. The first kappa shape index (κ1) is 22.1. The Morgan fingerprint density at radius 2 is 1.71 bits per heavy atom. The molecular weight excluding hydrogens is 438 g/mol. The first-order chi connectivity index (χ1) is 16.3. The minimum absolute atomic E-state index is 0.0136. The molecule has 5 rings (SSSR count). The van der Waals surface area contributed by atoms with Crippen LogP contribution < -0.4 is 19.9 Å². The average molecular weight is 463 g/mol. The number of ether oxygens (including phenoxy) is 3. The van der Waals surface area contributed by atoms with Crippen LogP contribution in [0.3, 0.4) is 0 Å². The highest BCUT2D eigenvalue weighted by molar-refractivity contribution is 5.81. The van der Waals surface area contributed by atoms with Crippen molar-refractivity contribution in [2.75, 3.05) is 14.2 Å². The topological polar surface area (TPSA) is 131 Å². The largest absolute Gasteiger partial charge is 0.508 e. The number of phenolic OH excluding ortho intramolecular Hbond substituents is 1. The number of nitrogens with two attached hydrogens (primary N) is 1. The number of aromatic hydroxyl groups is 1. The van der Waals surface area contributed by atoms with Gasteiger partial charge in [0.1, 0.15) is 29.1 Å². The van der Waals surface area contributed by atoms with Crippen LogP contribution in [0, 0.1) is 5.92 Å². The minimum atomic E-state index is -2.13. The van der Waals surface area contributed by atoms with Crippen LogP contribution in [0.15, 0.2) is 66.7 Å². The highest BCUT2D eigenvalue weighted by Crippen LogP contribution is 2.70. The molecule has 8 heteroatoms. The van der Waals surface area contributed by atoms with Crippen molar-refractivity contribution in [1.82, 2.24) is 0 Å². The summed E-state index contributed by atoms with van der Waals surface area (Å²) in [7, 11) is 2.92. The van der Waals surface area contributed by atoms with Gasteiger partial charge in [-0.15, -0.1) is 0 Å². The van der Waals surface area contributed by atoms with Gasteiger partial charge >= 0.3 is 0 Å². The quantitative estimate of drug-likeness (QED) is 0.456. The van der Waals surface area contributed by atoms with Crippen LogP contribution in [0.4, 0.5) is 0 Å². The molecule has 0 radical (unpaired) electrons. The van der Waals surface area contributed by atoms with E-state index in [1.807, 2.05) is 6.07 Å². The molecule has 3 aromatic carbocycles. The molecule has 5 N–H and O–H groups in total. The molecule has 1 fully saturated rings. The number of aliphatic hydroxyl groups excluding tert-OH is 1. The van der Waals surface area contributed by atoms with E-state index in [0.717, 1.165) is 0 Å². The molecule has 0 saturated heterocycles. The van der Waals surface area contributed by atoms with E-state index in [1.54, 1.807) is 48.5 Å². The maximum absolute atomic E-state index is 12.8. The van der Waals surface area contributed by atoms with Gasteiger partial charge in [-0.05, 0) is 23.3 Å². The summed E-state index contributed by atoms with van der Waals surface area (Å²) in [6.45, 7) is 0. The number of primary amides is 1. The monoisotopic (exact) mass is 463 g/mol. The molecule has 3 aromatic rings. The normalized spacial score (nSPS) is 29.1. The number of phenols is 1. The zero-order valence-electron chi connectivity index (χ0n) is 18.6. The second-order valence-corrected chi connectivity index (χ2v) is 8.62. The minimum Gasteiger partial charge on any atom is -0.508 e. The van der Waals surface area contributed by atoms with Crippen molar-refractivity contribution in [1.29, 1.82) is 0 Å². The standard InChI is InChI=1S/C26H25NO7/c1-32-17-12-18(33-2)22-19(13-17)34-26(15-8-10-16(28)11-9-15)21(14-6-4-3-5-7-14)20(24(27)30)23(29)25(22,26)31/h3-13,20-21,23,28-29,31H,1-2H3,(H2,27,30)/t20-,21-,23+,25-,26-/m1/s1. The van der Waals surface area contributed by atoms with Crippen LogP contribution in [0.5, 0.6) is 23.0 Å². The first-order valence-electron chi connectivity index (χ1n) is 10.8. The molecular formula is C26H25NO7. The Morgan fingerprint density at radius 1 is 1.03 bits per heavy atom. The number of fused-ring (bicyclic) bond motifs is 3. The number of amides is 1. The van der Waals surface area contributed by atoms with Crippen molar-refractivity contribution < 1.29 is 34.3 Å². The molecule has 0 unspecified atom stereocenters. The fraction of sp³-hybridized carbons (Fsp3) is 0.269. The van der Waals surface area contributed by atoms with Gasteiger partial charge in [-0.3, -0.25) is 4.79 Å². The van der Waals surface area contributed by atoms with Crippen LogP contribution in [-0.2, 0) is 16.0 Å². The Kier molecular flexibility index (Phi) is 4.96. The van der Waals surface area contributed by atoms with Gasteiger partial charge in [0.25, 0.3) is 0 Å². The van der Waals surface area contributed by atoms with Crippen molar-refractivity contribution in [3.05, 3.63) is 83.4 Å². The molecule has 1 aliphatic heterocycles. The summed E-state index contributed by atoms with van der Waals surface area (Å²) >= 11 is 0. The molecule has 1 aliphatic carbocycles. The predicted molar refractivity (Wildman–Crippen MR) is 122 cm³/mol. The number of carbonyl (C=O) groups excluding carboxylic acids is 1. The number of hydrogen-bond donors (Lipinski definition) is 4. The average Bonchev–Trinajstić information content (AvgIpc) is 3.22. The fourth-order valence-electron chi connectivity index (χ4n) is 5.69. The number of benzene rings is 3. The molecule has 34 heavy (non-hydrogen) atoms. The molecule has 1 amide bonds. The van der Waals surface area contributed by atoms with E-state index in [-0.39, 0.29) is 22.8 Å². The summed E-state index contributed by atoms with van der Waals surface area (Å²) in [5.74, 6) is -1.93. The SMILES string of the molecule is COc1cc(OC)c2c(c1)O[C@]1(c3ccc(O)cc3)[C@H](c3ccccc3)[C@@H](C(N)=O)[C@H](O)[C@]21O. The van der Waals surface area contributed by atoms with Crippen molar-refractivity contribution in [3.8, 4) is 23.0 Å². The second kappa shape index (κ2) is 7.65. The zero-order chi connectivity index (χ0) is 24.3. The lowest BCUT2D eigenvalue weighted by atomic mass is 9.70. The molecule has 0 bridgehead atoms. The van der Waals surface area contributed by atoms with E-state index in [9.17, 15) is 20.1 Å². The van der Waals surface area contributed by atoms with Crippen LogP contribution in [-0.4, -0.2) is 41.6 Å². The lowest BCUT2D eigenvalue weighted by molar-refractivity contribution is -0.154. The van der Waals surface area contributed by atoms with Crippen molar-refractivity contribution >= 4 is 5.91 Å². The highest BCUT2D eigenvalue weighted by Gasteiger charge is 2.77. The van der Waals surface area contributed by atoms with Gasteiger partial charge in [-0.1, -0.05) is 42.5 Å². The van der Waals surface area contributed by atoms with Crippen LogP contribution in [0.1, 0.15) is 22.6 Å². The highest BCUT2D eigenvalue weighted by atomic mass is 16.5. The summed E-state index contributed by atoms with van der Waals surface area (Å²) in [6.07, 6.45) is -1.63. The molecule has 8 nitrogen and oxygen atoms in total. The zero-order valence-corrected chi connectivity index (χ0v) is 18.6. The summed E-state index contributed by atoms with van der Waals surface area (Å²) in [4.78, 5) is 12.8. The molecule has 1 heterocycles. The Bertz CT molecular complexity index is 1250. The first-order valence-corrected chi connectivity index (χ1v) is 10.8. The van der Waals surface area contributed by atoms with Gasteiger partial charge in [0.05, 0.1) is 25.7 Å². The van der Waals surface area contributed by atoms with E-state index in [4.69, 9.17) is 19.9 Å². The third kappa shape index (κ3) is 2.69. The van der Waals surface area contributed by atoms with Gasteiger partial charge < -0.3 is 35.3 Å². The van der Waals surface area contributed by atoms with Crippen molar-refractivity contribution in [2.24, 2.45) is 11.7 Å². The number of aliphatic hydroxyl groups is 2. The molecule has 1 saturated carbocycles. The summed E-state index contributed by atoms with van der Waals surface area (Å²) in [5.41, 5.74) is 3.30. The number of methoxy groups -OCH3 is 2. The fourth-order valence-corrected chi connectivity index (χ4v) is 5.69. The maximum atomic E-state index is 12.8. The molecule has 0 aromatic heterocycles. The number of carbonyl (C=O) groups is 1. The Balaban J connectivity index is 1.89. The van der Waals surface area contributed by atoms with Gasteiger partial charge in [0.2, 0.25) is 5.91 Å². The predicted octanol–water partition coefficient (Wildman–Crippen LogP) is 2.14. The Labute approximate surface area is 196 Å². The third-order valence-corrected chi connectivity index (χ3v) is 7.06. The second-order valence-electron chi connectivity index (χ2n) is 8.62. The van der Waals surface area contributed by atoms with E-state index in [1.165, 1.54) is 26.4 Å². The van der Waals surface area contributed by atoms with Gasteiger partial charge in [0.15, 0.2) is 11.2 Å². The molecule has 5 atom stereocenters. The third-order valence-electron chi connectivity index (χ3n) is 7.06. The van der Waals surface area contributed by atoms with Crippen molar-refractivity contribution in [3.63, 3.8) is 0 Å². The lowest BCUT2D eigenvalue weighted by Crippen LogP contribution is -2.52. The Hall–Kier alpha value is -3.75. The van der Waals surface area contributed by atoms with Gasteiger partial charge in [-0.25, -0.2) is 0 Å². The molecule has 176 valence electrons. The van der Waals surface area contributed by atoms with Crippen LogP contribution in [0.25, 0.3) is 0 Å². The number of rotatable bonds is 5. The van der Waals surface area contributed by atoms with E-state index in [2.05, 4.69) is 0 Å². The van der Waals surface area contributed by atoms with E-state index in [0.29, 0.717) is 16.9 Å². The Morgan fingerprint density at radius 3 is 2.29 bits per heavy atom. The molecule has 2 aliphatic rings. The van der Waals surface area contributed by atoms with Crippen LogP contribution in [0.2, 0.25) is 0 Å². The van der Waals surface area contributed by atoms with Gasteiger partial charge in [0, 0.05) is 18.1 Å². The number of hydrogen-bond acceptors (Lipinski definition) is 7. The van der Waals surface area contributed by atoms with Crippen molar-refractivity contribution in [2.45, 2.75) is 23.2 Å². The smallest absolute Gasteiger partial charge is 0.224 e. The lowest BCUT2D eigenvalue weighted by Gasteiger charge is -2.40. The maximum Gasteiger partial charge on any atom is 0.224 e. The van der Waals surface area contributed by atoms with Gasteiger partial charge in [-0.2, -0.15) is 0 Å². The van der Waals surface area contributed by atoms with E-state index >= 15 is 0 Å². The van der Waals surface area contributed by atoms with E-state index < -0.39 is 35.0 Å².